The second-order valence-electron chi connectivity index (χ2n) is 6.22. The first-order chi connectivity index (χ1) is 14.0. The molecule has 0 saturated carbocycles. The zero-order valence-electron chi connectivity index (χ0n) is 15.7. The summed E-state index contributed by atoms with van der Waals surface area (Å²) < 4.78 is 5.23. The van der Waals surface area contributed by atoms with Gasteiger partial charge >= 0.3 is 0 Å². The van der Waals surface area contributed by atoms with Crippen LogP contribution in [0.4, 0.5) is 4.79 Å². The number of imide groups is 1. The summed E-state index contributed by atoms with van der Waals surface area (Å²) in [5.74, 6) is 0.0630. The van der Waals surface area contributed by atoms with Gasteiger partial charge in [0.1, 0.15) is 5.75 Å². The number of hydrogen-bond acceptors (Lipinski definition) is 5. The minimum Gasteiger partial charge on any atom is -0.496 e. The Morgan fingerprint density at radius 2 is 1.90 bits per heavy atom. The minimum atomic E-state index is -0.367. The van der Waals surface area contributed by atoms with Crippen LogP contribution in [-0.4, -0.2) is 42.2 Å². The standard InChI is InChI=1S/C21H19ClN2O4S/c1-28-17-5-3-2-4-15(17)13-19(25)23-10-11-24-20(26)18(29-21(24)27)12-14-6-8-16(22)9-7-14/h2-9,12H,10-11,13H2,1H3,(H,23,25)/b18-12+. The molecular weight excluding hydrogens is 412 g/mol. The number of carbonyl (C=O) groups excluding carboxylic acids is 3. The lowest BCUT2D eigenvalue weighted by atomic mass is 10.1. The molecule has 3 amide bonds. The fraction of sp³-hybridized carbons (Fsp3) is 0.190. The van der Waals surface area contributed by atoms with Crippen molar-refractivity contribution >= 4 is 46.5 Å². The van der Waals surface area contributed by atoms with E-state index in [9.17, 15) is 14.4 Å². The number of methoxy groups -OCH3 is 1. The van der Waals surface area contributed by atoms with Gasteiger partial charge in [-0.3, -0.25) is 19.3 Å². The number of amides is 3. The molecule has 29 heavy (non-hydrogen) atoms. The number of nitrogens with one attached hydrogen (secondary N) is 1. The third-order valence-corrected chi connectivity index (χ3v) is 5.40. The monoisotopic (exact) mass is 430 g/mol. The summed E-state index contributed by atoms with van der Waals surface area (Å²) in [4.78, 5) is 38.3. The van der Waals surface area contributed by atoms with Crippen LogP contribution in [0, 0.1) is 0 Å². The molecule has 3 rings (SSSR count). The number of rotatable bonds is 7. The Morgan fingerprint density at radius 1 is 1.17 bits per heavy atom. The summed E-state index contributed by atoms with van der Waals surface area (Å²) in [6.45, 7) is 0.292. The molecule has 2 aromatic rings. The van der Waals surface area contributed by atoms with Gasteiger partial charge in [0.15, 0.2) is 0 Å². The van der Waals surface area contributed by atoms with Gasteiger partial charge in [-0.2, -0.15) is 0 Å². The van der Waals surface area contributed by atoms with E-state index in [-0.39, 0.29) is 36.6 Å². The lowest BCUT2D eigenvalue weighted by Crippen LogP contribution is -2.37. The molecule has 150 valence electrons. The van der Waals surface area contributed by atoms with Crippen LogP contribution < -0.4 is 10.1 Å². The Kier molecular flexibility index (Phi) is 6.95. The average molecular weight is 431 g/mol. The first kappa shape index (κ1) is 21.0. The highest BCUT2D eigenvalue weighted by atomic mass is 35.5. The Morgan fingerprint density at radius 3 is 2.62 bits per heavy atom. The van der Waals surface area contributed by atoms with Gasteiger partial charge in [0.05, 0.1) is 18.4 Å². The number of halogens is 1. The summed E-state index contributed by atoms with van der Waals surface area (Å²) in [5.41, 5.74) is 1.55. The number of carbonyl (C=O) groups is 3. The molecule has 1 heterocycles. The van der Waals surface area contributed by atoms with Crippen molar-refractivity contribution in [2.75, 3.05) is 20.2 Å². The van der Waals surface area contributed by atoms with Crippen molar-refractivity contribution in [1.82, 2.24) is 10.2 Å². The molecule has 0 radical (unpaired) electrons. The molecule has 0 bridgehead atoms. The normalized spacial score (nSPS) is 15.1. The van der Waals surface area contributed by atoms with Gasteiger partial charge in [-0.15, -0.1) is 0 Å². The largest absolute Gasteiger partial charge is 0.496 e. The fourth-order valence-corrected chi connectivity index (χ4v) is 3.79. The topological polar surface area (TPSA) is 75.7 Å². The minimum absolute atomic E-state index is 0.111. The van der Waals surface area contributed by atoms with E-state index in [0.29, 0.717) is 15.7 Å². The molecule has 0 aromatic heterocycles. The zero-order valence-corrected chi connectivity index (χ0v) is 17.3. The molecule has 0 unspecified atom stereocenters. The first-order valence-corrected chi connectivity index (χ1v) is 10.1. The number of hydrogen-bond donors (Lipinski definition) is 1. The predicted molar refractivity (Wildman–Crippen MR) is 114 cm³/mol. The number of nitrogens with zero attached hydrogens (tertiary/aromatic N) is 1. The van der Waals surface area contributed by atoms with Crippen LogP contribution in [0.2, 0.25) is 5.02 Å². The van der Waals surface area contributed by atoms with Crippen molar-refractivity contribution in [2.24, 2.45) is 0 Å². The SMILES string of the molecule is COc1ccccc1CC(=O)NCCN1C(=O)S/C(=C/c2ccc(Cl)cc2)C1=O. The van der Waals surface area contributed by atoms with Gasteiger partial charge in [0.25, 0.3) is 11.1 Å². The van der Waals surface area contributed by atoms with Crippen LogP contribution in [0.15, 0.2) is 53.4 Å². The summed E-state index contributed by atoms with van der Waals surface area (Å²) >= 11 is 6.74. The maximum Gasteiger partial charge on any atom is 0.293 e. The lowest BCUT2D eigenvalue weighted by molar-refractivity contribution is -0.124. The molecule has 0 aliphatic carbocycles. The predicted octanol–water partition coefficient (Wildman–Crippen LogP) is 3.74. The molecule has 8 heteroatoms. The van der Waals surface area contributed by atoms with Crippen molar-refractivity contribution < 1.29 is 19.1 Å². The van der Waals surface area contributed by atoms with Gasteiger partial charge in [-0.05, 0) is 41.6 Å². The molecule has 1 aliphatic rings. The molecule has 1 saturated heterocycles. The molecule has 1 fully saturated rings. The molecule has 1 N–H and O–H groups in total. The van der Waals surface area contributed by atoms with E-state index in [0.717, 1.165) is 27.8 Å². The highest BCUT2D eigenvalue weighted by Gasteiger charge is 2.34. The number of benzene rings is 2. The molecule has 0 spiro atoms. The van der Waals surface area contributed by atoms with E-state index in [4.69, 9.17) is 16.3 Å². The third kappa shape index (κ3) is 5.40. The van der Waals surface area contributed by atoms with E-state index in [1.54, 1.807) is 43.5 Å². The van der Waals surface area contributed by atoms with Crippen molar-refractivity contribution in [3.8, 4) is 5.75 Å². The number of thioether (sulfide) groups is 1. The maximum atomic E-state index is 12.5. The van der Waals surface area contributed by atoms with E-state index in [1.165, 1.54) is 0 Å². The molecule has 0 atom stereocenters. The highest BCUT2D eigenvalue weighted by Crippen LogP contribution is 2.32. The Hall–Kier alpha value is -2.77. The van der Waals surface area contributed by atoms with Crippen LogP contribution in [0.25, 0.3) is 6.08 Å². The second kappa shape index (κ2) is 9.62. The van der Waals surface area contributed by atoms with Crippen molar-refractivity contribution in [3.63, 3.8) is 0 Å². The van der Waals surface area contributed by atoms with Crippen LogP contribution in [0.1, 0.15) is 11.1 Å². The third-order valence-electron chi connectivity index (χ3n) is 4.24. The lowest BCUT2D eigenvalue weighted by Gasteiger charge is -2.13. The molecular formula is C21H19ClN2O4S. The van der Waals surface area contributed by atoms with E-state index < -0.39 is 0 Å². The number of para-hydroxylation sites is 1. The Balaban J connectivity index is 1.54. The molecule has 1 aliphatic heterocycles. The summed E-state index contributed by atoms with van der Waals surface area (Å²) in [6.07, 6.45) is 1.81. The van der Waals surface area contributed by atoms with Gasteiger partial charge < -0.3 is 10.1 Å². The van der Waals surface area contributed by atoms with E-state index in [2.05, 4.69) is 5.32 Å². The van der Waals surface area contributed by atoms with Crippen LogP contribution >= 0.6 is 23.4 Å². The van der Waals surface area contributed by atoms with Gasteiger partial charge in [-0.1, -0.05) is 41.9 Å². The van der Waals surface area contributed by atoms with Crippen LogP contribution in [-0.2, 0) is 16.0 Å². The maximum absolute atomic E-state index is 12.5. The van der Waals surface area contributed by atoms with Crippen LogP contribution in [0.5, 0.6) is 5.75 Å². The molecule has 2 aromatic carbocycles. The molecule has 6 nitrogen and oxygen atoms in total. The second-order valence-corrected chi connectivity index (χ2v) is 7.65. The van der Waals surface area contributed by atoms with Crippen molar-refractivity contribution in [1.29, 1.82) is 0 Å². The summed E-state index contributed by atoms with van der Waals surface area (Å²) in [5, 5.41) is 2.98. The Bertz CT molecular complexity index is 959. The van der Waals surface area contributed by atoms with Crippen molar-refractivity contribution in [2.45, 2.75) is 6.42 Å². The summed E-state index contributed by atoms with van der Waals surface area (Å²) in [7, 11) is 1.55. The average Bonchev–Trinajstić information content (AvgIpc) is 2.97. The quantitative estimate of drug-likeness (QED) is 0.677. The first-order valence-electron chi connectivity index (χ1n) is 8.87. The Labute approximate surface area is 177 Å². The van der Waals surface area contributed by atoms with Gasteiger partial charge in [0.2, 0.25) is 5.91 Å². The fourth-order valence-electron chi connectivity index (χ4n) is 2.79. The zero-order chi connectivity index (χ0) is 20.8. The number of ether oxygens (including phenoxy) is 1. The van der Waals surface area contributed by atoms with E-state index in [1.807, 2.05) is 18.2 Å². The van der Waals surface area contributed by atoms with Gasteiger partial charge in [0, 0.05) is 23.7 Å². The smallest absolute Gasteiger partial charge is 0.293 e. The van der Waals surface area contributed by atoms with Crippen molar-refractivity contribution in [3.05, 3.63) is 69.6 Å². The summed E-state index contributed by atoms with van der Waals surface area (Å²) in [6, 6.07) is 14.2. The highest BCUT2D eigenvalue weighted by molar-refractivity contribution is 8.18. The van der Waals surface area contributed by atoms with E-state index >= 15 is 0 Å². The van der Waals surface area contributed by atoms with Gasteiger partial charge in [-0.25, -0.2) is 0 Å². The van der Waals surface area contributed by atoms with Crippen LogP contribution in [0.3, 0.4) is 0 Å².